The number of thioether (sulfide) groups is 1. The van der Waals surface area contributed by atoms with Crippen LogP contribution in [0.2, 0.25) is 0 Å². The molecular formula is C11H15BrN2O2S. The van der Waals surface area contributed by atoms with Gasteiger partial charge in [0.25, 0.3) is 5.91 Å². The third kappa shape index (κ3) is 5.06. The maximum Gasteiger partial charge on any atom is 0.252 e. The fraction of sp³-hybridized carbons (Fsp3) is 0.455. The summed E-state index contributed by atoms with van der Waals surface area (Å²) in [5.41, 5.74) is -0.423. The van der Waals surface area contributed by atoms with E-state index >= 15 is 0 Å². The van der Waals surface area contributed by atoms with Crippen molar-refractivity contribution in [3.8, 4) is 0 Å². The number of carbonyl (C=O) groups is 1. The van der Waals surface area contributed by atoms with Crippen LogP contribution >= 0.6 is 27.7 Å². The Hall–Kier alpha value is -0.590. The van der Waals surface area contributed by atoms with E-state index in [0.717, 1.165) is 4.47 Å². The number of aromatic nitrogens is 1. The number of hydrogen-bond donors (Lipinski definition) is 2. The van der Waals surface area contributed by atoms with Gasteiger partial charge in [-0.3, -0.25) is 9.78 Å². The van der Waals surface area contributed by atoms with Gasteiger partial charge in [0.1, 0.15) is 0 Å². The predicted octanol–water partition coefficient (Wildman–Crippen LogP) is 1.69. The van der Waals surface area contributed by atoms with Crippen LogP contribution in [0.3, 0.4) is 0 Å². The second-order valence-corrected chi connectivity index (χ2v) is 5.79. The second-order valence-electron chi connectivity index (χ2n) is 4.00. The predicted molar refractivity (Wildman–Crippen MR) is 73.3 cm³/mol. The van der Waals surface area contributed by atoms with Gasteiger partial charge in [-0.05, 0) is 35.2 Å². The maximum atomic E-state index is 11.8. The smallest absolute Gasteiger partial charge is 0.252 e. The van der Waals surface area contributed by atoms with Gasteiger partial charge < -0.3 is 10.4 Å². The quantitative estimate of drug-likeness (QED) is 0.867. The van der Waals surface area contributed by atoms with Gasteiger partial charge in [-0.25, -0.2) is 0 Å². The summed E-state index contributed by atoms with van der Waals surface area (Å²) < 4.78 is 0.751. The van der Waals surface area contributed by atoms with Crippen LogP contribution in [0.15, 0.2) is 22.9 Å². The third-order valence-corrected chi connectivity index (χ3v) is 3.40. The summed E-state index contributed by atoms with van der Waals surface area (Å²) >= 11 is 4.79. The zero-order valence-electron chi connectivity index (χ0n) is 9.74. The lowest BCUT2D eigenvalue weighted by Gasteiger charge is -2.22. The Morgan fingerprint density at radius 1 is 1.65 bits per heavy atom. The molecule has 1 amide bonds. The molecule has 1 rings (SSSR count). The van der Waals surface area contributed by atoms with E-state index in [1.54, 1.807) is 19.2 Å². The number of hydrogen-bond acceptors (Lipinski definition) is 4. The van der Waals surface area contributed by atoms with Crippen molar-refractivity contribution in [3.63, 3.8) is 0 Å². The molecule has 0 saturated heterocycles. The molecule has 0 bridgehead atoms. The van der Waals surface area contributed by atoms with Gasteiger partial charge in [-0.2, -0.15) is 11.8 Å². The van der Waals surface area contributed by atoms with Crippen LogP contribution in [0.5, 0.6) is 0 Å². The minimum atomic E-state index is -0.894. The molecule has 0 aromatic carbocycles. The SMILES string of the molecule is CSCC(C)(O)CNC(=O)c1cncc(Br)c1. The minimum absolute atomic E-state index is 0.221. The normalized spacial score (nSPS) is 14.1. The first-order valence-corrected chi connectivity index (χ1v) is 7.23. The number of aliphatic hydroxyl groups is 1. The van der Waals surface area contributed by atoms with Crippen molar-refractivity contribution >= 4 is 33.6 Å². The van der Waals surface area contributed by atoms with Crippen molar-refractivity contribution < 1.29 is 9.90 Å². The second kappa shape index (κ2) is 6.37. The third-order valence-electron chi connectivity index (χ3n) is 2.05. The molecule has 4 nitrogen and oxygen atoms in total. The van der Waals surface area contributed by atoms with Crippen LogP contribution < -0.4 is 5.32 Å². The molecular weight excluding hydrogens is 304 g/mol. The van der Waals surface area contributed by atoms with Crippen molar-refractivity contribution in [3.05, 3.63) is 28.5 Å². The molecule has 0 spiro atoms. The van der Waals surface area contributed by atoms with Crippen molar-refractivity contribution in [2.24, 2.45) is 0 Å². The molecule has 94 valence electrons. The lowest BCUT2D eigenvalue weighted by Crippen LogP contribution is -2.42. The summed E-state index contributed by atoms with van der Waals surface area (Å²) in [6.45, 7) is 1.92. The first-order chi connectivity index (χ1) is 7.94. The highest BCUT2D eigenvalue weighted by molar-refractivity contribution is 9.10. The number of halogens is 1. The minimum Gasteiger partial charge on any atom is -0.387 e. The number of nitrogens with zero attached hydrogens (tertiary/aromatic N) is 1. The summed E-state index contributed by atoms with van der Waals surface area (Å²) in [5, 5.41) is 12.6. The van der Waals surface area contributed by atoms with Crippen molar-refractivity contribution in [2.75, 3.05) is 18.6 Å². The average Bonchev–Trinajstić information content (AvgIpc) is 2.26. The van der Waals surface area contributed by atoms with Crippen molar-refractivity contribution in [1.82, 2.24) is 10.3 Å². The molecule has 0 aliphatic carbocycles. The van der Waals surface area contributed by atoms with Gasteiger partial charge in [0.05, 0.1) is 11.2 Å². The monoisotopic (exact) mass is 318 g/mol. The van der Waals surface area contributed by atoms with Gasteiger partial charge in [0.2, 0.25) is 0 Å². The first kappa shape index (κ1) is 14.5. The number of nitrogens with one attached hydrogen (secondary N) is 1. The number of pyridine rings is 1. The molecule has 1 aromatic heterocycles. The summed E-state index contributed by atoms with van der Waals surface area (Å²) in [7, 11) is 0. The van der Waals surface area contributed by atoms with E-state index in [1.807, 2.05) is 6.26 Å². The van der Waals surface area contributed by atoms with Crippen LogP contribution in [0.4, 0.5) is 0 Å². The summed E-state index contributed by atoms with van der Waals surface area (Å²) in [6.07, 6.45) is 5.01. The molecule has 0 saturated carbocycles. The Balaban J connectivity index is 2.56. The molecule has 0 fully saturated rings. The zero-order chi connectivity index (χ0) is 12.9. The standard InChI is InChI=1S/C11H15BrN2O2S/c1-11(16,7-17-2)6-14-10(15)8-3-9(12)5-13-4-8/h3-5,16H,6-7H2,1-2H3,(H,14,15). The van der Waals surface area contributed by atoms with Crippen LogP contribution in [0, 0.1) is 0 Å². The van der Waals surface area contributed by atoms with E-state index < -0.39 is 5.60 Å². The maximum absolute atomic E-state index is 11.8. The fourth-order valence-corrected chi connectivity index (χ4v) is 2.36. The lowest BCUT2D eigenvalue weighted by molar-refractivity contribution is 0.0725. The lowest BCUT2D eigenvalue weighted by atomic mass is 10.1. The molecule has 2 N–H and O–H groups in total. The number of rotatable bonds is 5. The summed E-state index contributed by atoms with van der Waals surface area (Å²) in [5.74, 6) is 0.337. The topological polar surface area (TPSA) is 62.2 Å². The summed E-state index contributed by atoms with van der Waals surface area (Å²) in [6, 6.07) is 1.69. The molecule has 1 unspecified atom stereocenters. The summed E-state index contributed by atoms with van der Waals surface area (Å²) in [4.78, 5) is 15.7. The first-order valence-electron chi connectivity index (χ1n) is 5.05. The van der Waals surface area contributed by atoms with Gasteiger partial charge in [-0.1, -0.05) is 0 Å². The fourth-order valence-electron chi connectivity index (χ4n) is 1.27. The van der Waals surface area contributed by atoms with Gasteiger partial charge in [0, 0.05) is 29.2 Å². The molecule has 0 aliphatic heterocycles. The molecule has 6 heteroatoms. The molecule has 1 heterocycles. The Morgan fingerprint density at radius 2 is 2.35 bits per heavy atom. The van der Waals surface area contributed by atoms with Crippen LogP contribution in [-0.4, -0.2) is 40.2 Å². The van der Waals surface area contributed by atoms with Gasteiger partial charge >= 0.3 is 0 Å². The zero-order valence-corrected chi connectivity index (χ0v) is 12.1. The van der Waals surface area contributed by atoms with Crippen LogP contribution in [0.1, 0.15) is 17.3 Å². The Labute approximate surface area is 113 Å². The van der Waals surface area contributed by atoms with E-state index in [4.69, 9.17) is 0 Å². The van der Waals surface area contributed by atoms with E-state index in [2.05, 4.69) is 26.2 Å². The Bertz CT molecular complexity index is 399. The number of carbonyl (C=O) groups excluding carboxylic acids is 1. The van der Waals surface area contributed by atoms with E-state index in [1.165, 1.54) is 18.0 Å². The van der Waals surface area contributed by atoms with Crippen LogP contribution in [-0.2, 0) is 0 Å². The van der Waals surface area contributed by atoms with Gasteiger partial charge in [0.15, 0.2) is 0 Å². The molecule has 0 aliphatic rings. The van der Waals surface area contributed by atoms with Gasteiger partial charge in [-0.15, -0.1) is 0 Å². The molecule has 0 radical (unpaired) electrons. The molecule has 17 heavy (non-hydrogen) atoms. The number of amides is 1. The van der Waals surface area contributed by atoms with Crippen molar-refractivity contribution in [2.45, 2.75) is 12.5 Å². The van der Waals surface area contributed by atoms with Crippen molar-refractivity contribution in [1.29, 1.82) is 0 Å². The largest absolute Gasteiger partial charge is 0.387 e. The molecule has 1 atom stereocenters. The van der Waals surface area contributed by atoms with E-state index in [0.29, 0.717) is 11.3 Å². The Morgan fingerprint density at radius 3 is 2.94 bits per heavy atom. The van der Waals surface area contributed by atoms with E-state index in [-0.39, 0.29) is 12.5 Å². The van der Waals surface area contributed by atoms with E-state index in [9.17, 15) is 9.90 Å². The molecule has 1 aromatic rings. The average molecular weight is 319 g/mol. The Kier molecular flexibility index (Phi) is 5.42. The highest BCUT2D eigenvalue weighted by Crippen LogP contribution is 2.11. The van der Waals surface area contributed by atoms with Crippen LogP contribution in [0.25, 0.3) is 0 Å². The highest BCUT2D eigenvalue weighted by atomic mass is 79.9. The highest BCUT2D eigenvalue weighted by Gasteiger charge is 2.20.